The standard InChI is InChI=1S/C34H42F3N5O3/c1-31(12-6-3-7-13-31)28-21-39(24-34(35,36)37)18-19-42(28)30(44)40-17-16-33(45,32(22-40)14-8-9-15-32)23-41-25-38-27(20-29(41)43)26-10-4-2-5-11-26/h2-7,10-12,20,25,28,45H,8-9,13-19,21-24H2,1H3/t28-,31?,33+/m0/s1. The first-order chi connectivity index (χ1) is 21.4. The SMILES string of the molecule is CC1([C@@H]2CN(CC(F)(F)F)CCN2C(=O)N2CC[C@@](O)(Cn3cnc(-c4ccccc4)cc3=O)C3(CCCC3)C2)C=CC=CC1. The first-order valence-corrected chi connectivity index (χ1v) is 15.9. The van der Waals surface area contributed by atoms with Crippen LogP contribution in [-0.2, 0) is 6.54 Å². The predicted octanol–water partition coefficient (Wildman–Crippen LogP) is 5.10. The molecule has 1 N–H and O–H groups in total. The van der Waals surface area contributed by atoms with E-state index < -0.39 is 35.2 Å². The zero-order chi connectivity index (χ0) is 31.9. The van der Waals surface area contributed by atoms with Gasteiger partial charge in [0.05, 0.1) is 36.8 Å². The van der Waals surface area contributed by atoms with Crippen LogP contribution in [0.2, 0.25) is 0 Å². The fourth-order valence-corrected chi connectivity index (χ4v) is 8.06. The molecule has 0 radical (unpaired) electrons. The molecule has 1 aromatic heterocycles. The lowest BCUT2D eigenvalue weighted by atomic mass is 9.66. The Balaban J connectivity index is 1.22. The van der Waals surface area contributed by atoms with Gasteiger partial charge in [-0.3, -0.25) is 14.3 Å². The summed E-state index contributed by atoms with van der Waals surface area (Å²) >= 11 is 0. The molecule has 2 saturated heterocycles. The van der Waals surface area contributed by atoms with Gasteiger partial charge in [0.25, 0.3) is 5.56 Å². The highest BCUT2D eigenvalue weighted by atomic mass is 19.4. The second kappa shape index (κ2) is 12.1. The number of carbonyl (C=O) groups is 1. The second-order valence-electron chi connectivity index (χ2n) is 13.6. The van der Waals surface area contributed by atoms with Gasteiger partial charge in [0, 0.05) is 55.2 Å². The molecule has 2 amide bonds. The van der Waals surface area contributed by atoms with Crippen LogP contribution in [-0.4, -0.2) is 92.5 Å². The normalized spacial score (nSPS) is 28.6. The lowest BCUT2D eigenvalue weighted by Gasteiger charge is -2.55. The zero-order valence-electron chi connectivity index (χ0n) is 25.8. The van der Waals surface area contributed by atoms with E-state index in [1.807, 2.05) is 61.6 Å². The van der Waals surface area contributed by atoms with Crippen molar-refractivity contribution in [3.8, 4) is 11.3 Å². The minimum absolute atomic E-state index is 0.0872. The first-order valence-electron chi connectivity index (χ1n) is 15.9. The van der Waals surface area contributed by atoms with E-state index in [1.54, 1.807) is 9.80 Å². The van der Waals surface area contributed by atoms with E-state index in [-0.39, 0.29) is 37.8 Å². The van der Waals surface area contributed by atoms with E-state index in [2.05, 4.69) is 4.98 Å². The number of urea groups is 1. The van der Waals surface area contributed by atoms with Crippen molar-refractivity contribution in [1.82, 2.24) is 24.3 Å². The van der Waals surface area contributed by atoms with Crippen LogP contribution in [0.5, 0.6) is 0 Å². The van der Waals surface area contributed by atoms with Gasteiger partial charge in [0.2, 0.25) is 0 Å². The molecule has 0 bridgehead atoms. The number of allylic oxidation sites excluding steroid dienone is 3. The Morgan fingerprint density at radius 2 is 1.82 bits per heavy atom. The fraction of sp³-hybridized carbons (Fsp3) is 0.559. The van der Waals surface area contributed by atoms with Crippen molar-refractivity contribution in [2.75, 3.05) is 39.3 Å². The van der Waals surface area contributed by atoms with Crippen molar-refractivity contribution in [3.63, 3.8) is 0 Å². The Morgan fingerprint density at radius 3 is 2.49 bits per heavy atom. The fourth-order valence-electron chi connectivity index (χ4n) is 8.06. The maximum absolute atomic E-state index is 14.3. The van der Waals surface area contributed by atoms with Crippen molar-refractivity contribution in [2.45, 2.75) is 69.8 Å². The largest absolute Gasteiger partial charge is 0.401 e. The number of aliphatic hydroxyl groups is 1. The number of hydrogen-bond acceptors (Lipinski definition) is 5. The quantitative estimate of drug-likeness (QED) is 0.501. The molecule has 1 aromatic carbocycles. The molecule has 11 heteroatoms. The Morgan fingerprint density at radius 1 is 1.07 bits per heavy atom. The van der Waals surface area contributed by atoms with E-state index in [1.165, 1.54) is 21.9 Å². The number of rotatable bonds is 5. The summed E-state index contributed by atoms with van der Waals surface area (Å²) in [7, 11) is 0. The van der Waals surface area contributed by atoms with Gasteiger partial charge in [-0.2, -0.15) is 13.2 Å². The van der Waals surface area contributed by atoms with Crippen molar-refractivity contribution >= 4 is 6.03 Å². The van der Waals surface area contributed by atoms with Crippen molar-refractivity contribution in [1.29, 1.82) is 0 Å². The number of halogens is 3. The zero-order valence-corrected chi connectivity index (χ0v) is 25.8. The predicted molar refractivity (Wildman–Crippen MR) is 165 cm³/mol. The number of nitrogens with zero attached hydrogens (tertiary/aromatic N) is 5. The van der Waals surface area contributed by atoms with Crippen LogP contribution < -0.4 is 5.56 Å². The molecule has 3 fully saturated rings. The van der Waals surface area contributed by atoms with Crippen LogP contribution >= 0.6 is 0 Å². The maximum Gasteiger partial charge on any atom is 0.401 e. The molecular formula is C34H42F3N5O3. The van der Waals surface area contributed by atoms with E-state index in [4.69, 9.17) is 0 Å². The number of alkyl halides is 3. The third kappa shape index (κ3) is 6.34. The van der Waals surface area contributed by atoms with Crippen LogP contribution in [0.1, 0.15) is 45.4 Å². The van der Waals surface area contributed by atoms with Gasteiger partial charge in [-0.25, -0.2) is 9.78 Å². The molecule has 1 unspecified atom stereocenters. The number of carbonyl (C=O) groups excluding carboxylic acids is 1. The van der Waals surface area contributed by atoms with Gasteiger partial charge in [-0.1, -0.05) is 74.4 Å². The van der Waals surface area contributed by atoms with E-state index in [0.717, 1.165) is 31.2 Å². The summed E-state index contributed by atoms with van der Waals surface area (Å²) in [5, 5.41) is 12.3. The minimum Gasteiger partial charge on any atom is -0.387 e. The molecule has 4 aliphatic rings. The molecule has 2 aromatic rings. The van der Waals surface area contributed by atoms with E-state index >= 15 is 0 Å². The number of hydrogen-bond donors (Lipinski definition) is 1. The smallest absolute Gasteiger partial charge is 0.387 e. The van der Waals surface area contributed by atoms with Crippen LogP contribution in [0.15, 0.2) is 71.8 Å². The lowest BCUT2D eigenvalue weighted by Crippen LogP contribution is -2.67. The van der Waals surface area contributed by atoms with Crippen LogP contribution in [0, 0.1) is 10.8 Å². The molecule has 45 heavy (non-hydrogen) atoms. The molecule has 2 aliphatic carbocycles. The summed E-state index contributed by atoms with van der Waals surface area (Å²) in [6.07, 6.45) is 9.25. The summed E-state index contributed by atoms with van der Waals surface area (Å²) in [5.74, 6) is 0. The number of piperazine rings is 1. The van der Waals surface area contributed by atoms with Gasteiger partial charge in [0.1, 0.15) is 0 Å². The molecule has 3 atom stereocenters. The van der Waals surface area contributed by atoms with Crippen LogP contribution in [0.3, 0.4) is 0 Å². The average Bonchev–Trinajstić information content (AvgIpc) is 3.49. The summed E-state index contributed by atoms with van der Waals surface area (Å²) in [6, 6.07) is 10.3. The molecule has 8 nitrogen and oxygen atoms in total. The third-order valence-corrected chi connectivity index (χ3v) is 10.6. The van der Waals surface area contributed by atoms with E-state index in [9.17, 15) is 27.9 Å². The topological polar surface area (TPSA) is 81.9 Å². The molecule has 242 valence electrons. The molecule has 3 heterocycles. The van der Waals surface area contributed by atoms with Crippen LogP contribution in [0.25, 0.3) is 11.3 Å². The molecule has 1 saturated carbocycles. The molecular weight excluding hydrogens is 583 g/mol. The number of aromatic nitrogens is 2. The monoisotopic (exact) mass is 625 g/mol. The van der Waals surface area contributed by atoms with Gasteiger partial charge in [-0.15, -0.1) is 0 Å². The average molecular weight is 626 g/mol. The highest BCUT2D eigenvalue weighted by Gasteiger charge is 2.56. The summed E-state index contributed by atoms with van der Waals surface area (Å²) in [4.78, 5) is 37.0. The Labute approximate surface area is 261 Å². The van der Waals surface area contributed by atoms with Gasteiger partial charge in [-0.05, 0) is 25.7 Å². The van der Waals surface area contributed by atoms with Crippen molar-refractivity contribution in [3.05, 3.63) is 77.4 Å². The number of likely N-dealkylation sites (tertiary alicyclic amines) is 1. The Hall–Kier alpha value is -3.44. The summed E-state index contributed by atoms with van der Waals surface area (Å²) in [6.45, 7) is 2.23. The third-order valence-electron chi connectivity index (χ3n) is 10.6. The van der Waals surface area contributed by atoms with Gasteiger partial charge in [0.15, 0.2) is 0 Å². The second-order valence-corrected chi connectivity index (χ2v) is 13.6. The highest BCUT2D eigenvalue weighted by Crippen LogP contribution is 2.52. The van der Waals surface area contributed by atoms with Crippen LogP contribution in [0.4, 0.5) is 18.0 Å². The number of amides is 2. The Bertz CT molecular complexity index is 1500. The van der Waals surface area contributed by atoms with Crippen molar-refractivity contribution in [2.24, 2.45) is 10.8 Å². The van der Waals surface area contributed by atoms with Gasteiger partial charge < -0.3 is 14.9 Å². The summed E-state index contributed by atoms with van der Waals surface area (Å²) < 4.78 is 41.6. The maximum atomic E-state index is 14.3. The number of piperidine rings is 1. The Kier molecular flexibility index (Phi) is 8.45. The molecule has 2 aliphatic heterocycles. The lowest BCUT2D eigenvalue weighted by molar-refractivity contribution is -0.153. The van der Waals surface area contributed by atoms with Crippen molar-refractivity contribution < 1.29 is 23.1 Å². The van der Waals surface area contributed by atoms with E-state index in [0.29, 0.717) is 31.6 Å². The summed E-state index contributed by atoms with van der Waals surface area (Å²) in [5.41, 5.74) is -1.15. The first kappa shape index (κ1) is 31.5. The highest BCUT2D eigenvalue weighted by molar-refractivity contribution is 5.75. The minimum atomic E-state index is -4.31. The molecule has 1 spiro atoms. The van der Waals surface area contributed by atoms with Gasteiger partial charge >= 0.3 is 12.2 Å². The molecule has 6 rings (SSSR count). The number of benzene rings is 1.